The number of carbonyl (C=O) groups is 1. The van der Waals surface area contributed by atoms with Gasteiger partial charge >= 0.3 is 6.18 Å². The minimum Gasteiger partial charge on any atom is -0.326 e. The monoisotopic (exact) mass is 338 g/mol. The van der Waals surface area contributed by atoms with Crippen LogP contribution in [0.4, 0.5) is 13.2 Å². The molecule has 6 heteroatoms. The highest BCUT2D eigenvalue weighted by Crippen LogP contribution is 2.52. The topological polar surface area (TPSA) is 32.3 Å². The highest BCUT2D eigenvalue weighted by atomic mass is 19.4. The van der Waals surface area contributed by atoms with Gasteiger partial charge in [0.2, 0.25) is 0 Å². The Morgan fingerprint density at radius 2 is 2.08 bits per heavy atom. The highest BCUT2D eigenvalue weighted by Gasteiger charge is 2.54. The molecule has 0 unspecified atom stereocenters. The Bertz CT molecular complexity index is 715. The summed E-state index contributed by atoms with van der Waals surface area (Å²) in [5, 5.41) is 3.27. The normalized spacial score (nSPS) is 31.9. The van der Waals surface area contributed by atoms with E-state index in [1.54, 1.807) is 4.90 Å². The molecule has 2 fully saturated rings. The average Bonchev–Trinajstić information content (AvgIpc) is 3.22. The summed E-state index contributed by atoms with van der Waals surface area (Å²) in [6.45, 7) is 5.59. The standard InChI is InChI=1S/C18H21F3N2O/c1-3-17-9-22-4-5-23(17)16(24)15-13(17)7-11(12-6-10(12)2)8-14(15)18(19,20)21/h7-8,10,12,22H,3-6,9H2,1-2H3/t10-,12-,17-/m0/s1. The number of fused-ring (bicyclic) bond motifs is 3. The number of nitrogens with zero attached hydrogens (tertiary/aromatic N) is 1. The van der Waals surface area contributed by atoms with Gasteiger partial charge in [-0.1, -0.05) is 19.9 Å². The minimum atomic E-state index is -4.51. The second-order valence-electron chi connectivity index (χ2n) is 7.33. The molecule has 130 valence electrons. The van der Waals surface area contributed by atoms with Crippen LogP contribution in [-0.2, 0) is 11.7 Å². The molecule has 1 aliphatic carbocycles. The quantitative estimate of drug-likeness (QED) is 0.895. The third-order valence-electron chi connectivity index (χ3n) is 6.00. The fourth-order valence-electron chi connectivity index (χ4n) is 4.46. The van der Waals surface area contributed by atoms with Gasteiger partial charge in [-0.25, -0.2) is 0 Å². The maximum Gasteiger partial charge on any atom is 0.417 e. The predicted molar refractivity (Wildman–Crippen MR) is 83.8 cm³/mol. The van der Waals surface area contributed by atoms with Crippen molar-refractivity contribution in [3.8, 4) is 0 Å². The third-order valence-corrected chi connectivity index (χ3v) is 6.00. The van der Waals surface area contributed by atoms with Crippen molar-refractivity contribution in [1.29, 1.82) is 0 Å². The van der Waals surface area contributed by atoms with Gasteiger partial charge in [-0.3, -0.25) is 4.79 Å². The minimum absolute atomic E-state index is 0.120. The lowest BCUT2D eigenvalue weighted by molar-refractivity contribution is -0.138. The molecule has 1 saturated carbocycles. The smallest absolute Gasteiger partial charge is 0.326 e. The number of alkyl halides is 3. The van der Waals surface area contributed by atoms with Gasteiger partial charge < -0.3 is 10.2 Å². The molecule has 1 aromatic rings. The molecule has 1 aromatic carbocycles. The number of hydrogen-bond acceptors (Lipinski definition) is 2. The molecule has 0 radical (unpaired) electrons. The van der Waals surface area contributed by atoms with Crippen LogP contribution in [0.3, 0.4) is 0 Å². The lowest BCUT2D eigenvalue weighted by Gasteiger charge is -2.42. The summed E-state index contributed by atoms with van der Waals surface area (Å²) < 4.78 is 41.1. The summed E-state index contributed by atoms with van der Waals surface area (Å²) in [7, 11) is 0. The number of amides is 1. The first-order valence-corrected chi connectivity index (χ1v) is 8.58. The van der Waals surface area contributed by atoms with Gasteiger partial charge in [0.15, 0.2) is 0 Å². The lowest BCUT2D eigenvalue weighted by Crippen LogP contribution is -2.57. The molecule has 24 heavy (non-hydrogen) atoms. The summed E-state index contributed by atoms with van der Waals surface area (Å²) in [5.74, 6) is 0.140. The number of rotatable bonds is 2. The van der Waals surface area contributed by atoms with Crippen LogP contribution in [0.1, 0.15) is 59.7 Å². The number of piperazine rings is 1. The van der Waals surface area contributed by atoms with Crippen LogP contribution in [-0.4, -0.2) is 30.4 Å². The zero-order valence-corrected chi connectivity index (χ0v) is 13.8. The van der Waals surface area contributed by atoms with Gasteiger partial charge in [0.05, 0.1) is 16.7 Å². The van der Waals surface area contributed by atoms with Crippen LogP contribution >= 0.6 is 0 Å². The van der Waals surface area contributed by atoms with Crippen LogP contribution in [0.15, 0.2) is 12.1 Å². The molecular formula is C18H21F3N2O. The van der Waals surface area contributed by atoms with E-state index in [-0.39, 0.29) is 11.5 Å². The van der Waals surface area contributed by atoms with E-state index >= 15 is 0 Å². The molecule has 0 aromatic heterocycles. The van der Waals surface area contributed by atoms with Crippen molar-refractivity contribution in [1.82, 2.24) is 10.2 Å². The Morgan fingerprint density at radius 3 is 2.67 bits per heavy atom. The zero-order valence-electron chi connectivity index (χ0n) is 13.8. The highest BCUT2D eigenvalue weighted by molar-refractivity contribution is 6.02. The van der Waals surface area contributed by atoms with E-state index in [1.165, 1.54) is 6.07 Å². The van der Waals surface area contributed by atoms with E-state index in [9.17, 15) is 18.0 Å². The van der Waals surface area contributed by atoms with Crippen molar-refractivity contribution in [2.45, 2.75) is 44.3 Å². The van der Waals surface area contributed by atoms with E-state index in [4.69, 9.17) is 0 Å². The van der Waals surface area contributed by atoms with Gasteiger partial charge in [-0.15, -0.1) is 0 Å². The van der Waals surface area contributed by atoms with Crippen molar-refractivity contribution >= 4 is 5.91 Å². The number of nitrogens with one attached hydrogen (secondary N) is 1. The van der Waals surface area contributed by atoms with Crippen LogP contribution in [0.2, 0.25) is 0 Å². The molecular weight excluding hydrogens is 317 g/mol. The average molecular weight is 338 g/mol. The number of carbonyl (C=O) groups excluding carboxylic acids is 1. The molecule has 1 saturated heterocycles. The Kier molecular flexibility index (Phi) is 3.30. The summed E-state index contributed by atoms with van der Waals surface area (Å²) in [6, 6.07) is 3.10. The molecule has 0 bridgehead atoms. The fourth-order valence-corrected chi connectivity index (χ4v) is 4.46. The molecule has 3 atom stereocenters. The maximum absolute atomic E-state index is 13.7. The Labute approximate surface area is 139 Å². The summed E-state index contributed by atoms with van der Waals surface area (Å²) >= 11 is 0. The Morgan fingerprint density at radius 1 is 1.38 bits per heavy atom. The largest absolute Gasteiger partial charge is 0.417 e. The SMILES string of the molecule is CC[C@@]12CNCCN1C(=O)c1c(C(F)(F)F)cc([C@H]3C[C@@H]3C)cc12. The predicted octanol–water partition coefficient (Wildman–Crippen LogP) is 3.49. The first-order chi connectivity index (χ1) is 11.3. The van der Waals surface area contributed by atoms with Gasteiger partial charge in [-0.05, 0) is 41.9 Å². The van der Waals surface area contributed by atoms with Crippen molar-refractivity contribution < 1.29 is 18.0 Å². The number of hydrogen-bond donors (Lipinski definition) is 1. The van der Waals surface area contributed by atoms with Crippen LogP contribution in [0.25, 0.3) is 0 Å². The Balaban J connectivity index is 1.97. The van der Waals surface area contributed by atoms with Crippen LogP contribution in [0, 0.1) is 5.92 Å². The second-order valence-corrected chi connectivity index (χ2v) is 7.33. The molecule has 2 heterocycles. The van der Waals surface area contributed by atoms with Crippen molar-refractivity contribution in [2.75, 3.05) is 19.6 Å². The van der Waals surface area contributed by atoms with E-state index < -0.39 is 23.2 Å². The first kappa shape index (κ1) is 15.9. The Hall–Kier alpha value is -1.56. The molecule has 3 aliphatic rings. The van der Waals surface area contributed by atoms with Gasteiger partial charge in [0.25, 0.3) is 5.91 Å². The fraction of sp³-hybridized carbons (Fsp3) is 0.611. The van der Waals surface area contributed by atoms with Crippen LogP contribution < -0.4 is 5.32 Å². The number of benzene rings is 1. The van der Waals surface area contributed by atoms with E-state index in [2.05, 4.69) is 12.2 Å². The van der Waals surface area contributed by atoms with Crippen LogP contribution in [0.5, 0.6) is 0 Å². The van der Waals surface area contributed by atoms with E-state index in [0.29, 0.717) is 37.5 Å². The van der Waals surface area contributed by atoms with Crippen molar-refractivity contribution in [2.24, 2.45) is 5.92 Å². The zero-order chi connectivity index (χ0) is 17.3. The molecule has 4 rings (SSSR count). The van der Waals surface area contributed by atoms with Gasteiger partial charge in [0.1, 0.15) is 0 Å². The second kappa shape index (κ2) is 4.97. The lowest BCUT2D eigenvalue weighted by atomic mass is 9.83. The van der Waals surface area contributed by atoms with Gasteiger partial charge in [-0.2, -0.15) is 13.2 Å². The summed E-state index contributed by atoms with van der Waals surface area (Å²) in [6.07, 6.45) is -2.98. The molecule has 1 amide bonds. The first-order valence-electron chi connectivity index (χ1n) is 8.58. The van der Waals surface area contributed by atoms with E-state index in [0.717, 1.165) is 12.0 Å². The van der Waals surface area contributed by atoms with E-state index in [1.807, 2.05) is 13.0 Å². The molecule has 1 N–H and O–H groups in total. The molecule has 2 aliphatic heterocycles. The third kappa shape index (κ3) is 2.05. The maximum atomic E-state index is 13.7. The molecule has 0 spiro atoms. The summed E-state index contributed by atoms with van der Waals surface area (Å²) in [4.78, 5) is 14.5. The van der Waals surface area contributed by atoms with Crippen molar-refractivity contribution in [3.05, 3.63) is 34.4 Å². The van der Waals surface area contributed by atoms with Crippen molar-refractivity contribution in [3.63, 3.8) is 0 Å². The summed E-state index contributed by atoms with van der Waals surface area (Å²) in [5.41, 5.74) is -0.196. The van der Waals surface area contributed by atoms with Gasteiger partial charge in [0, 0.05) is 19.6 Å². The molecule has 3 nitrogen and oxygen atoms in total. The number of halogens is 3.